The number of amides is 1. The van der Waals surface area contributed by atoms with Crippen molar-refractivity contribution in [1.82, 2.24) is 18.6 Å². The molecule has 2 aromatic heterocycles. The average molecular weight is 425 g/mol. The van der Waals surface area contributed by atoms with Crippen LogP contribution in [0.2, 0.25) is 5.02 Å². The van der Waals surface area contributed by atoms with E-state index in [-0.39, 0.29) is 35.3 Å². The molecule has 1 saturated heterocycles. The van der Waals surface area contributed by atoms with Crippen LogP contribution in [0.25, 0.3) is 4.96 Å². The first-order chi connectivity index (χ1) is 12.9. The van der Waals surface area contributed by atoms with Crippen LogP contribution >= 0.6 is 22.9 Å². The van der Waals surface area contributed by atoms with Crippen LogP contribution in [0.4, 0.5) is 0 Å². The number of halogens is 1. The normalized spacial score (nSPS) is 16.1. The Kier molecular flexibility index (Phi) is 4.94. The largest absolute Gasteiger partial charge is 0.340 e. The highest BCUT2D eigenvalue weighted by Crippen LogP contribution is 2.25. The summed E-state index contributed by atoms with van der Waals surface area (Å²) in [5, 5.41) is 2.14. The van der Waals surface area contributed by atoms with Crippen LogP contribution in [0.15, 0.2) is 46.9 Å². The van der Waals surface area contributed by atoms with Gasteiger partial charge in [0.15, 0.2) is 4.96 Å². The maximum atomic E-state index is 12.8. The first-order valence-corrected chi connectivity index (χ1v) is 11.1. The molecular weight excluding hydrogens is 408 g/mol. The SMILES string of the molecule is O=C(Cc1cn2ccsc2n1)N1CCN(S(=O)(=O)c2ccccc2Cl)CC1. The summed E-state index contributed by atoms with van der Waals surface area (Å²) >= 11 is 7.56. The summed E-state index contributed by atoms with van der Waals surface area (Å²) in [5.74, 6) is -0.0458. The Hall–Kier alpha value is -1.94. The maximum Gasteiger partial charge on any atom is 0.244 e. The zero-order valence-electron chi connectivity index (χ0n) is 14.3. The van der Waals surface area contributed by atoms with Crippen LogP contribution < -0.4 is 0 Å². The minimum atomic E-state index is -3.66. The number of carbonyl (C=O) groups excluding carboxylic acids is 1. The van der Waals surface area contributed by atoms with Crippen LogP contribution in [0.3, 0.4) is 0 Å². The molecule has 0 N–H and O–H groups in total. The third-order valence-corrected chi connectivity index (χ3v) is 7.69. The third kappa shape index (κ3) is 3.60. The smallest absolute Gasteiger partial charge is 0.244 e. The monoisotopic (exact) mass is 424 g/mol. The number of hydrogen-bond donors (Lipinski definition) is 0. The lowest BCUT2D eigenvalue weighted by molar-refractivity contribution is -0.131. The number of nitrogens with zero attached hydrogens (tertiary/aromatic N) is 4. The van der Waals surface area contributed by atoms with Gasteiger partial charge in [-0.05, 0) is 12.1 Å². The van der Waals surface area contributed by atoms with E-state index in [0.29, 0.717) is 13.1 Å². The first-order valence-electron chi connectivity index (χ1n) is 8.39. The minimum absolute atomic E-state index is 0.0458. The van der Waals surface area contributed by atoms with Gasteiger partial charge in [0, 0.05) is 44.0 Å². The standard InChI is InChI=1S/C17H17ClN4O3S2/c18-14-3-1-2-4-15(14)27(24,25)22-7-5-20(6-8-22)16(23)11-13-12-21-9-10-26-17(21)19-13/h1-4,9-10,12H,5-8,11H2. The van der Waals surface area contributed by atoms with Crippen molar-refractivity contribution in [2.24, 2.45) is 0 Å². The summed E-state index contributed by atoms with van der Waals surface area (Å²) in [6.45, 7) is 1.20. The van der Waals surface area contributed by atoms with E-state index >= 15 is 0 Å². The Balaban J connectivity index is 1.40. The lowest BCUT2D eigenvalue weighted by atomic mass is 10.2. The van der Waals surface area contributed by atoms with E-state index in [9.17, 15) is 13.2 Å². The molecule has 0 spiro atoms. The highest BCUT2D eigenvalue weighted by molar-refractivity contribution is 7.89. The predicted octanol–water partition coefficient (Wildman–Crippen LogP) is 2.12. The van der Waals surface area contributed by atoms with Crippen molar-refractivity contribution in [1.29, 1.82) is 0 Å². The van der Waals surface area contributed by atoms with E-state index in [2.05, 4.69) is 4.98 Å². The Morgan fingerprint density at radius 2 is 1.93 bits per heavy atom. The van der Waals surface area contributed by atoms with Gasteiger partial charge < -0.3 is 4.90 Å². The van der Waals surface area contributed by atoms with E-state index in [4.69, 9.17) is 11.6 Å². The average Bonchev–Trinajstić information content (AvgIpc) is 3.23. The number of aromatic nitrogens is 2. The van der Waals surface area contributed by atoms with Crippen molar-refractivity contribution in [2.45, 2.75) is 11.3 Å². The van der Waals surface area contributed by atoms with Crippen LogP contribution in [0, 0.1) is 0 Å². The van der Waals surface area contributed by atoms with Crippen LogP contribution in [-0.2, 0) is 21.2 Å². The second-order valence-electron chi connectivity index (χ2n) is 6.22. The zero-order valence-corrected chi connectivity index (χ0v) is 16.7. The Morgan fingerprint density at radius 3 is 2.63 bits per heavy atom. The molecule has 3 heterocycles. The molecule has 7 nitrogen and oxygen atoms in total. The molecule has 27 heavy (non-hydrogen) atoms. The van der Waals surface area contributed by atoms with Crippen LogP contribution in [0.1, 0.15) is 5.69 Å². The molecule has 10 heteroatoms. The fraction of sp³-hybridized carbons (Fsp3) is 0.294. The summed E-state index contributed by atoms with van der Waals surface area (Å²) < 4.78 is 28.8. The molecule has 1 aliphatic rings. The fourth-order valence-corrected chi connectivity index (χ4v) is 5.73. The van der Waals surface area contributed by atoms with Crippen molar-refractivity contribution in [3.63, 3.8) is 0 Å². The maximum absolute atomic E-state index is 12.8. The van der Waals surface area contributed by atoms with E-state index in [0.717, 1.165) is 10.7 Å². The summed E-state index contributed by atoms with van der Waals surface area (Å²) in [7, 11) is -3.66. The van der Waals surface area contributed by atoms with Gasteiger partial charge in [0.05, 0.1) is 17.1 Å². The number of imidazole rings is 1. The topological polar surface area (TPSA) is 75.0 Å². The Morgan fingerprint density at radius 1 is 1.19 bits per heavy atom. The molecule has 1 fully saturated rings. The van der Waals surface area contributed by atoms with Crippen LogP contribution in [0.5, 0.6) is 0 Å². The van der Waals surface area contributed by atoms with Gasteiger partial charge in [-0.2, -0.15) is 4.31 Å². The molecule has 1 aliphatic heterocycles. The molecule has 0 bridgehead atoms. The van der Waals surface area contributed by atoms with Crippen molar-refractivity contribution < 1.29 is 13.2 Å². The number of benzene rings is 1. The van der Waals surface area contributed by atoms with Gasteiger partial charge in [-0.25, -0.2) is 13.4 Å². The van der Waals surface area contributed by atoms with E-state index in [1.54, 1.807) is 23.1 Å². The van der Waals surface area contributed by atoms with E-state index in [1.807, 2.05) is 22.2 Å². The quantitative estimate of drug-likeness (QED) is 0.643. The summed E-state index contributed by atoms with van der Waals surface area (Å²) in [6.07, 6.45) is 3.97. The van der Waals surface area contributed by atoms with Crippen molar-refractivity contribution in [3.05, 3.63) is 52.8 Å². The molecule has 0 atom stereocenters. The van der Waals surface area contributed by atoms with Gasteiger partial charge in [-0.3, -0.25) is 9.20 Å². The number of sulfonamides is 1. The minimum Gasteiger partial charge on any atom is -0.340 e. The molecule has 4 rings (SSSR count). The second kappa shape index (κ2) is 7.23. The van der Waals surface area contributed by atoms with Gasteiger partial charge in [0.2, 0.25) is 15.9 Å². The van der Waals surface area contributed by atoms with E-state index in [1.165, 1.54) is 21.7 Å². The van der Waals surface area contributed by atoms with Crippen molar-refractivity contribution >= 4 is 43.8 Å². The van der Waals surface area contributed by atoms with Gasteiger partial charge in [0.25, 0.3) is 0 Å². The summed E-state index contributed by atoms with van der Waals surface area (Å²) in [5.41, 5.74) is 0.720. The number of rotatable bonds is 4. The first kappa shape index (κ1) is 18.4. The number of piperazine rings is 1. The van der Waals surface area contributed by atoms with Gasteiger partial charge in [0.1, 0.15) is 4.90 Å². The lowest BCUT2D eigenvalue weighted by Crippen LogP contribution is -2.50. The summed E-state index contributed by atoms with van der Waals surface area (Å²) in [6, 6.07) is 6.40. The van der Waals surface area contributed by atoms with Crippen LogP contribution in [-0.4, -0.2) is 59.1 Å². The number of carbonyl (C=O) groups is 1. The highest BCUT2D eigenvalue weighted by atomic mass is 35.5. The molecule has 1 amide bonds. The predicted molar refractivity (Wildman–Crippen MR) is 104 cm³/mol. The van der Waals surface area contributed by atoms with Gasteiger partial charge in [-0.15, -0.1) is 11.3 Å². The molecule has 0 unspecified atom stereocenters. The lowest BCUT2D eigenvalue weighted by Gasteiger charge is -2.34. The van der Waals surface area contributed by atoms with Gasteiger partial charge in [-0.1, -0.05) is 23.7 Å². The molecular formula is C17H17ClN4O3S2. The third-order valence-electron chi connectivity index (χ3n) is 4.52. The zero-order chi connectivity index (χ0) is 19.0. The number of hydrogen-bond acceptors (Lipinski definition) is 5. The number of fused-ring (bicyclic) bond motifs is 1. The Labute approximate surface area is 165 Å². The molecule has 3 aromatic rings. The Bertz CT molecular complexity index is 1060. The molecule has 0 aliphatic carbocycles. The van der Waals surface area contributed by atoms with Crippen molar-refractivity contribution in [3.8, 4) is 0 Å². The van der Waals surface area contributed by atoms with Crippen molar-refractivity contribution in [2.75, 3.05) is 26.2 Å². The second-order valence-corrected chi connectivity index (χ2v) is 9.40. The fourth-order valence-electron chi connectivity index (χ4n) is 3.10. The summed E-state index contributed by atoms with van der Waals surface area (Å²) in [4.78, 5) is 19.6. The van der Waals surface area contributed by atoms with Gasteiger partial charge >= 0.3 is 0 Å². The molecule has 0 saturated carbocycles. The molecule has 0 radical (unpaired) electrons. The molecule has 142 valence electrons. The number of thiazole rings is 1. The molecule has 1 aromatic carbocycles. The van der Waals surface area contributed by atoms with E-state index < -0.39 is 10.0 Å². The highest BCUT2D eigenvalue weighted by Gasteiger charge is 2.31.